The molecule has 1 aliphatic rings. The lowest BCUT2D eigenvalue weighted by atomic mass is 9.96. The van der Waals surface area contributed by atoms with Gasteiger partial charge in [0.05, 0.1) is 31.5 Å². The van der Waals surface area contributed by atoms with Crippen LogP contribution in [0.4, 0.5) is 11.5 Å². The zero-order valence-electron chi connectivity index (χ0n) is 24.2. The quantitative estimate of drug-likeness (QED) is 0.0931. The smallest absolute Gasteiger partial charge is 0.243 e. The number of hydrogen-bond donors (Lipinski definition) is 4. The summed E-state index contributed by atoms with van der Waals surface area (Å²) >= 11 is 0. The van der Waals surface area contributed by atoms with E-state index in [2.05, 4.69) is 9.74 Å². The van der Waals surface area contributed by atoms with Crippen molar-refractivity contribution in [3.05, 3.63) is 59.4 Å². The summed E-state index contributed by atoms with van der Waals surface area (Å²) in [4.78, 5) is 22.3. The lowest BCUT2D eigenvalue weighted by Crippen LogP contribution is -2.40. The van der Waals surface area contributed by atoms with Crippen LogP contribution >= 0.6 is 0 Å². The average Bonchev–Trinajstić information content (AvgIpc) is 3.00. The number of benzene rings is 2. The lowest BCUT2D eigenvalue weighted by molar-refractivity contribution is -0.129. The van der Waals surface area contributed by atoms with Gasteiger partial charge in [-0.3, -0.25) is 10.0 Å². The molecule has 5 N–H and O–H groups in total. The third-order valence-corrected chi connectivity index (χ3v) is 7.57. The minimum atomic E-state index is -0.381. The number of aryl methyl sites for hydroxylation is 1. The van der Waals surface area contributed by atoms with Crippen molar-refractivity contribution in [3.8, 4) is 39.6 Å². The van der Waals surface area contributed by atoms with Crippen LogP contribution in [0, 0.1) is 13.5 Å². The molecule has 2 aromatic carbocycles. The normalized spacial score (nSPS) is 13.5. The van der Waals surface area contributed by atoms with E-state index in [1.807, 2.05) is 31.2 Å². The molecule has 0 spiro atoms. The number of aromatic hydroxyl groups is 1. The van der Waals surface area contributed by atoms with Crippen LogP contribution in [0.5, 0.6) is 17.2 Å². The number of carbonyl (C=O) groups is 1. The van der Waals surface area contributed by atoms with Gasteiger partial charge in [-0.15, -0.1) is 0 Å². The standard InChI is InChI=1S/C32H39N5O5/c1-21-18-23(9-11-25(21)34-2)32-31(22-10-12-27(41-3)26(38)19-22)28(42-17-7-5-4-6-8-30(39)36-40)20-29(35-32)37-15-13-24(33)14-16-37/h9-12,18-20,24,38,40H,4-8,13-17,33H2,1,3H3,(H,36,39). The van der Waals surface area contributed by atoms with Crippen molar-refractivity contribution in [2.45, 2.75) is 57.9 Å². The Morgan fingerprint density at radius 3 is 2.50 bits per heavy atom. The van der Waals surface area contributed by atoms with E-state index in [1.54, 1.807) is 23.7 Å². The molecule has 1 aliphatic heterocycles. The number of phenolic OH excluding ortho intramolecular Hbond substituents is 1. The van der Waals surface area contributed by atoms with Gasteiger partial charge in [-0.2, -0.15) is 0 Å². The number of nitrogens with zero attached hydrogens (tertiary/aromatic N) is 3. The number of methoxy groups -OCH3 is 1. The van der Waals surface area contributed by atoms with E-state index in [0.29, 0.717) is 35.9 Å². The molecule has 0 radical (unpaired) electrons. The summed E-state index contributed by atoms with van der Waals surface area (Å²) in [7, 11) is 1.51. The van der Waals surface area contributed by atoms with Crippen LogP contribution in [0.15, 0.2) is 42.5 Å². The van der Waals surface area contributed by atoms with Gasteiger partial charge in [0.25, 0.3) is 0 Å². The molecule has 4 rings (SSSR count). The van der Waals surface area contributed by atoms with Crippen LogP contribution in [-0.4, -0.2) is 54.1 Å². The fourth-order valence-corrected chi connectivity index (χ4v) is 5.15. The molecule has 42 heavy (non-hydrogen) atoms. The van der Waals surface area contributed by atoms with E-state index in [1.165, 1.54) is 7.11 Å². The van der Waals surface area contributed by atoms with Gasteiger partial charge in [0.2, 0.25) is 5.91 Å². The molecular formula is C32H39N5O5. The van der Waals surface area contributed by atoms with E-state index in [9.17, 15) is 9.90 Å². The summed E-state index contributed by atoms with van der Waals surface area (Å²) in [6, 6.07) is 13.0. The summed E-state index contributed by atoms with van der Waals surface area (Å²) in [5.74, 6) is 1.42. The van der Waals surface area contributed by atoms with Gasteiger partial charge in [-0.1, -0.05) is 37.1 Å². The van der Waals surface area contributed by atoms with E-state index in [0.717, 1.165) is 73.3 Å². The van der Waals surface area contributed by atoms with Crippen LogP contribution in [0.1, 0.15) is 50.5 Å². The maximum absolute atomic E-state index is 11.3. The van der Waals surface area contributed by atoms with Gasteiger partial charge in [0.15, 0.2) is 17.2 Å². The maximum atomic E-state index is 11.3. The van der Waals surface area contributed by atoms with E-state index >= 15 is 0 Å². The van der Waals surface area contributed by atoms with Crippen molar-refractivity contribution in [2.75, 3.05) is 31.7 Å². The number of ether oxygens (including phenoxy) is 2. The average molecular weight is 574 g/mol. The SMILES string of the molecule is [C-]#[N+]c1ccc(-c2nc(N3CCC(N)CC3)cc(OCCCCCCC(=O)NO)c2-c2ccc(OC)c(O)c2)cc1C. The first kappa shape index (κ1) is 30.6. The minimum absolute atomic E-state index is 0.00689. The van der Waals surface area contributed by atoms with Crippen LogP contribution in [0.3, 0.4) is 0 Å². The largest absolute Gasteiger partial charge is 0.504 e. The molecule has 222 valence electrons. The third kappa shape index (κ3) is 7.49. The Labute approximate surface area is 246 Å². The number of phenols is 1. The van der Waals surface area contributed by atoms with Gasteiger partial charge in [0.1, 0.15) is 11.6 Å². The van der Waals surface area contributed by atoms with Crippen LogP contribution < -0.4 is 25.6 Å². The number of nitrogens with one attached hydrogen (secondary N) is 1. The minimum Gasteiger partial charge on any atom is -0.504 e. The highest BCUT2D eigenvalue weighted by atomic mass is 16.5. The highest BCUT2D eigenvalue weighted by Gasteiger charge is 2.24. The molecule has 1 saturated heterocycles. The molecule has 1 aromatic heterocycles. The molecule has 1 amide bonds. The van der Waals surface area contributed by atoms with Crippen LogP contribution in [0.2, 0.25) is 0 Å². The Bertz CT molecular complexity index is 1430. The first-order valence-electron chi connectivity index (χ1n) is 14.3. The first-order valence-corrected chi connectivity index (χ1v) is 14.3. The Hall–Kier alpha value is -4.33. The number of unbranched alkanes of at least 4 members (excludes halogenated alkanes) is 3. The number of aromatic nitrogens is 1. The Morgan fingerprint density at radius 2 is 1.83 bits per heavy atom. The molecule has 0 unspecified atom stereocenters. The van der Waals surface area contributed by atoms with Crippen molar-refractivity contribution in [1.29, 1.82) is 0 Å². The molecule has 0 aliphatic carbocycles. The summed E-state index contributed by atoms with van der Waals surface area (Å²) in [6.07, 6.45) is 5.18. The second kappa shape index (κ2) is 14.5. The number of carbonyl (C=O) groups excluding carboxylic acids is 1. The van der Waals surface area contributed by atoms with Gasteiger partial charge in [-0.25, -0.2) is 15.3 Å². The summed E-state index contributed by atoms with van der Waals surface area (Å²) < 4.78 is 11.7. The monoisotopic (exact) mass is 573 g/mol. The van der Waals surface area contributed by atoms with Gasteiger partial charge in [-0.05, 0) is 61.4 Å². The van der Waals surface area contributed by atoms with Gasteiger partial charge in [0, 0.05) is 31.6 Å². The number of hydroxylamine groups is 1. The zero-order chi connectivity index (χ0) is 30.1. The molecule has 2 heterocycles. The second-order valence-corrected chi connectivity index (χ2v) is 10.6. The fraction of sp³-hybridized carbons (Fsp3) is 0.406. The van der Waals surface area contributed by atoms with Crippen molar-refractivity contribution >= 4 is 17.4 Å². The summed E-state index contributed by atoms with van der Waals surface area (Å²) in [5, 5.41) is 19.3. The summed E-state index contributed by atoms with van der Waals surface area (Å²) in [6.45, 7) is 11.4. The topological polar surface area (TPSA) is 135 Å². The van der Waals surface area contributed by atoms with Crippen molar-refractivity contribution in [3.63, 3.8) is 0 Å². The molecule has 10 heteroatoms. The second-order valence-electron chi connectivity index (χ2n) is 10.6. The molecule has 1 fully saturated rings. The number of nitrogens with two attached hydrogens (primary N) is 1. The predicted octanol–water partition coefficient (Wildman–Crippen LogP) is 5.75. The van der Waals surface area contributed by atoms with Gasteiger partial charge >= 0.3 is 0 Å². The van der Waals surface area contributed by atoms with Crippen molar-refractivity contribution in [1.82, 2.24) is 10.5 Å². The molecular weight excluding hydrogens is 534 g/mol. The number of rotatable bonds is 12. The molecule has 10 nitrogen and oxygen atoms in total. The van der Waals surface area contributed by atoms with E-state index in [4.69, 9.17) is 32.0 Å². The third-order valence-electron chi connectivity index (χ3n) is 7.57. The highest BCUT2D eigenvalue weighted by Crippen LogP contribution is 2.44. The maximum Gasteiger partial charge on any atom is 0.243 e. The Morgan fingerprint density at radius 1 is 1.10 bits per heavy atom. The van der Waals surface area contributed by atoms with E-state index < -0.39 is 0 Å². The Balaban J connectivity index is 1.74. The number of anilines is 1. The van der Waals surface area contributed by atoms with Crippen LogP contribution in [-0.2, 0) is 4.79 Å². The lowest BCUT2D eigenvalue weighted by Gasteiger charge is -2.32. The predicted molar refractivity (Wildman–Crippen MR) is 162 cm³/mol. The number of piperidine rings is 1. The summed E-state index contributed by atoms with van der Waals surface area (Å²) in [5.41, 5.74) is 12.3. The zero-order valence-corrected chi connectivity index (χ0v) is 24.2. The van der Waals surface area contributed by atoms with E-state index in [-0.39, 0.29) is 24.1 Å². The van der Waals surface area contributed by atoms with Crippen molar-refractivity contribution in [2.24, 2.45) is 5.73 Å². The van der Waals surface area contributed by atoms with Crippen molar-refractivity contribution < 1.29 is 24.6 Å². The molecule has 0 bridgehead atoms. The number of hydrogen-bond acceptors (Lipinski definition) is 8. The molecule has 0 saturated carbocycles. The first-order chi connectivity index (χ1) is 20.3. The fourth-order valence-electron chi connectivity index (χ4n) is 5.15. The van der Waals surface area contributed by atoms with Gasteiger partial charge < -0.3 is 25.2 Å². The number of pyridine rings is 1. The number of amides is 1. The highest BCUT2D eigenvalue weighted by molar-refractivity contribution is 5.88. The van der Waals surface area contributed by atoms with Crippen LogP contribution in [0.25, 0.3) is 27.2 Å². The molecule has 0 atom stereocenters. The molecule has 3 aromatic rings. The Kier molecular flexibility index (Phi) is 10.6.